The fourth-order valence-electron chi connectivity index (χ4n) is 5.09. The van der Waals surface area contributed by atoms with Crippen molar-refractivity contribution in [1.29, 1.82) is 0 Å². The molecule has 3 heterocycles. The molecule has 1 aromatic carbocycles. The fraction of sp³-hybridized carbons (Fsp3) is 0.600. The first-order valence-electron chi connectivity index (χ1n) is 14.9. The van der Waals surface area contributed by atoms with E-state index in [4.69, 9.17) is 21.0 Å². The van der Waals surface area contributed by atoms with Crippen LogP contribution < -0.4 is 10.6 Å². The molecule has 242 valence electrons. The van der Waals surface area contributed by atoms with E-state index in [1.807, 2.05) is 23.7 Å². The summed E-state index contributed by atoms with van der Waals surface area (Å²) in [6.07, 6.45) is 2.08. The van der Waals surface area contributed by atoms with Gasteiger partial charge < -0.3 is 24.4 Å². The lowest BCUT2D eigenvalue weighted by Gasteiger charge is -2.44. The number of imidazole rings is 1. The number of aromatic nitrogens is 4. The number of fused-ring (bicyclic) bond motifs is 1. The number of nitrogens with one attached hydrogen (secondary N) is 2. The summed E-state index contributed by atoms with van der Waals surface area (Å²) in [5, 5.41) is 5.32. The van der Waals surface area contributed by atoms with E-state index in [0.717, 1.165) is 9.13 Å². The maximum absolute atomic E-state index is 13.5. The van der Waals surface area contributed by atoms with Crippen molar-refractivity contribution in [3.63, 3.8) is 0 Å². The van der Waals surface area contributed by atoms with E-state index < -0.39 is 21.9 Å². The van der Waals surface area contributed by atoms with Gasteiger partial charge in [-0.2, -0.15) is 9.97 Å². The molecule has 2 aromatic heterocycles. The van der Waals surface area contributed by atoms with Gasteiger partial charge in [-0.3, -0.25) is 4.79 Å². The molecule has 0 radical (unpaired) electrons. The zero-order valence-electron chi connectivity index (χ0n) is 27.3. The largest absolute Gasteiger partial charge is 0.432 e. The van der Waals surface area contributed by atoms with Gasteiger partial charge in [0.05, 0.1) is 17.8 Å². The first kappa shape index (κ1) is 35.6. The summed E-state index contributed by atoms with van der Waals surface area (Å²) in [6, 6.07) is 8.25. The Bertz CT molecular complexity index is 1510. The number of halogens is 2. The SMILES string of the molecule is CNC(=O)C1SC(n2cnc3c(NCc4cccc(I)c4)nc(Cl)nc32)C(CC(C)(C)[Si](C)(C)O)C1O[Si](C)(C)C(C)(C)C. The minimum absolute atomic E-state index is 0.0477. The lowest BCUT2D eigenvalue weighted by atomic mass is 9.89. The number of hydrogen-bond donors (Lipinski definition) is 3. The Morgan fingerprint density at radius 3 is 2.45 bits per heavy atom. The molecule has 1 aliphatic rings. The second kappa shape index (κ2) is 13.1. The van der Waals surface area contributed by atoms with Crippen LogP contribution in [0.5, 0.6) is 0 Å². The highest BCUT2D eigenvalue weighted by Gasteiger charge is 2.55. The predicted molar refractivity (Wildman–Crippen MR) is 195 cm³/mol. The first-order chi connectivity index (χ1) is 20.3. The van der Waals surface area contributed by atoms with Gasteiger partial charge in [-0.15, -0.1) is 11.8 Å². The van der Waals surface area contributed by atoms with Gasteiger partial charge in [0.15, 0.2) is 33.6 Å². The lowest BCUT2D eigenvalue weighted by Crippen LogP contribution is -2.51. The van der Waals surface area contributed by atoms with Crippen molar-refractivity contribution >= 4 is 85.5 Å². The van der Waals surface area contributed by atoms with Crippen molar-refractivity contribution in [3.8, 4) is 0 Å². The van der Waals surface area contributed by atoms with Gasteiger partial charge in [0.25, 0.3) is 0 Å². The van der Waals surface area contributed by atoms with Crippen molar-refractivity contribution in [2.75, 3.05) is 12.4 Å². The normalized spacial score (nSPS) is 21.6. The van der Waals surface area contributed by atoms with Crippen LogP contribution in [-0.4, -0.2) is 65.3 Å². The molecule has 4 atom stereocenters. The zero-order chi connectivity index (χ0) is 32.8. The first-order valence-corrected chi connectivity index (χ1v) is 23.2. The van der Waals surface area contributed by atoms with Crippen LogP contribution in [0.4, 0.5) is 5.82 Å². The number of hydrogen-bond acceptors (Lipinski definition) is 8. The number of nitrogens with zero attached hydrogens (tertiary/aromatic N) is 4. The van der Waals surface area contributed by atoms with Crippen LogP contribution in [-0.2, 0) is 15.8 Å². The number of anilines is 1. The monoisotopic (exact) mass is 788 g/mol. The second-order valence-electron chi connectivity index (χ2n) is 14.4. The van der Waals surface area contributed by atoms with E-state index in [9.17, 15) is 9.59 Å². The molecule has 1 amide bonds. The van der Waals surface area contributed by atoms with E-state index in [1.54, 1.807) is 25.1 Å². The number of benzene rings is 1. The highest BCUT2D eigenvalue weighted by atomic mass is 127. The zero-order valence-corrected chi connectivity index (χ0v) is 33.1. The number of carbonyl (C=O) groups excluding carboxylic acids is 1. The van der Waals surface area contributed by atoms with Crippen molar-refractivity contribution < 1.29 is 14.0 Å². The third-order valence-corrected chi connectivity index (χ3v) is 20.0. The summed E-state index contributed by atoms with van der Waals surface area (Å²) >= 11 is 10.4. The number of thioether (sulfide) groups is 1. The topological polar surface area (TPSA) is 114 Å². The molecule has 14 heteroatoms. The number of carbonyl (C=O) groups is 1. The summed E-state index contributed by atoms with van der Waals surface area (Å²) in [5.41, 5.74) is 2.32. The maximum atomic E-state index is 13.5. The summed E-state index contributed by atoms with van der Waals surface area (Å²) in [7, 11) is -3.22. The molecule has 3 aromatic rings. The molecule has 0 saturated carbocycles. The van der Waals surface area contributed by atoms with E-state index in [1.165, 1.54) is 0 Å². The Hall–Kier alpha value is -1.24. The Morgan fingerprint density at radius 1 is 1.18 bits per heavy atom. The predicted octanol–water partition coefficient (Wildman–Crippen LogP) is 7.43. The Balaban J connectivity index is 1.81. The molecule has 1 aliphatic heterocycles. The van der Waals surface area contributed by atoms with Crippen LogP contribution >= 0.6 is 46.0 Å². The maximum Gasteiger partial charge on any atom is 0.235 e. The molecule has 1 saturated heterocycles. The number of amides is 1. The molecule has 44 heavy (non-hydrogen) atoms. The minimum Gasteiger partial charge on any atom is -0.432 e. The average Bonchev–Trinajstić information content (AvgIpc) is 3.46. The van der Waals surface area contributed by atoms with E-state index >= 15 is 0 Å². The van der Waals surface area contributed by atoms with Crippen molar-refractivity contribution in [2.45, 2.75) is 101 Å². The molecule has 0 spiro atoms. The van der Waals surface area contributed by atoms with Crippen LogP contribution in [0.2, 0.25) is 41.5 Å². The van der Waals surface area contributed by atoms with Crippen LogP contribution in [0.3, 0.4) is 0 Å². The Morgan fingerprint density at radius 2 is 1.86 bits per heavy atom. The molecule has 3 N–H and O–H groups in total. The standard InChI is InChI=1S/C30H46ClIN6O3SSi2/c1-29(2,3)44(9,10)41-22-20(15-30(4,5)43(7,8)40)27(42-23(22)26(39)33-6)38-17-35-21-24(36-28(31)37-25(21)38)34-16-18-12-11-13-19(32)14-18/h11-14,17,20,22-23,27,40H,15-16H2,1-10H3,(H,33,39)(H,34,36,37). The highest BCUT2D eigenvalue weighted by Crippen LogP contribution is 2.56. The molecule has 4 unspecified atom stereocenters. The van der Waals surface area contributed by atoms with Gasteiger partial charge in [-0.25, -0.2) is 4.98 Å². The van der Waals surface area contributed by atoms with E-state index in [0.29, 0.717) is 29.9 Å². The lowest BCUT2D eigenvalue weighted by molar-refractivity contribution is -0.122. The van der Waals surface area contributed by atoms with Gasteiger partial charge in [0.2, 0.25) is 11.2 Å². The van der Waals surface area contributed by atoms with Crippen molar-refractivity contribution in [3.05, 3.63) is 45.0 Å². The highest BCUT2D eigenvalue weighted by molar-refractivity contribution is 14.1. The van der Waals surface area contributed by atoms with Gasteiger partial charge in [0.1, 0.15) is 5.25 Å². The fourth-order valence-corrected chi connectivity index (χ4v) is 9.74. The van der Waals surface area contributed by atoms with Gasteiger partial charge >= 0.3 is 0 Å². The molecule has 9 nitrogen and oxygen atoms in total. The van der Waals surface area contributed by atoms with E-state index in [-0.39, 0.29) is 38.7 Å². The Labute approximate surface area is 286 Å². The molecule has 0 bridgehead atoms. The molecular weight excluding hydrogens is 743 g/mol. The third-order valence-electron chi connectivity index (χ3n) is 9.53. The summed E-state index contributed by atoms with van der Waals surface area (Å²) in [5.74, 6) is 0.374. The van der Waals surface area contributed by atoms with Crippen LogP contribution in [0.25, 0.3) is 11.2 Å². The number of rotatable bonds is 10. The summed E-state index contributed by atoms with van der Waals surface area (Å²) in [6.45, 7) is 19.9. The average molecular weight is 789 g/mol. The van der Waals surface area contributed by atoms with Crippen LogP contribution in [0.1, 0.15) is 52.0 Å². The molecule has 1 fully saturated rings. The Kier molecular flexibility index (Phi) is 10.6. The quantitative estimate of drug-likeness (QED) is 0.111. The van der Waals surface area contributed by atoms with Gasteiger partial charge in [-0.05, 0) is 94.6 Å². The van der Waals surface area contributed by atoms with Gasteiger partial charge in [-0.1, -0.05) is 46.8 Å². The molecular formula is C30H46ClIN6O3SSi2. The third kappa shape index (κ3) is 7.49. The van der Waals surface area contributed by atoms with Crippen LogP contribution in [0, 0.1) is 9.49 Å². The molecule has 0 aliphatic carbocycles. The van der Waals surface area contributed by atoms with Crippen molar-refractivity contribution in [1.82, 2.24) is 24.8 Å². The smallest absolute Gasteiger partial charge is 0.235 e. The van der Waals surface area contributed by atoms with Crippen LogP contribution in [0.15, 0.2) is 30.6 Å². The summed E-state index contributed by atoms with van der Waals surface area (Å²) in [4.78, 5) is 38.7. The minimum atomic E-state index is -2.60. The van der Waals surface area contributed by atoms with Crippen molar-refractivity contribution in [2.24, 2.45) is 5.92 Å². The summed E-state index contributed by atoms with van der Waals surface area (Å²) < 4.78 is 10.3. The van der Waals surface area contributed by atoms with E-state index in [2.05, 4.69) is 109 Å². The second-order valence-corrected chi connectivity index (χ2v) is 26.4. The molecule has 4 rings (SSSR count). The van der Waals surface area contributed by atoms with Gasteiger partial charge in [0, 0.05) is 23.1 Å².